The van der Waals surface area contributed by atoms with E-state index in [1.54, 1.807) is 91.0 Å². The molecule has 0 aliphatic carbocycles. The highest BCUT2D eigenvalue weighted by atomic mass is 32.2. The summed E-state index contributed by atoms with van der Waals surface area (Å²) in [7, 11) is 0. The molecule has 9 nitrogen and oxygen atoms in total. The Morgan fingerprint density at radius 3 is 1.59 bits per heavy atom. The molecule has 0 bridgehead atoms. The summed E-state index contributed by atoms with van der Waals surface area (Å²) >= 11 is 1.31. The molecule has 1 saturated heterocycles. The third kappa shape index (κ3) is 7.96. The zero-order valence-electron chi connectivity index (χ0n) is 22.5. The van der Waals surface area contributed by atoms with Crippen molar-refractivity contribution in [1.82, 2.24) is 0 Å². The van der Waals surface area contributed by atoms with Gasteiger partial charge in [-0.15, -0.1) is 11.8 Å². The molecule has 41 heavy (non-hydrogen) atoms. The van der Waals surface area contributed by atoms with Crippen LogP contribution in [0.5, 0.6) is 0 Å². The molecule has 1 fully saturated rings. The maximum atomic E-state index is 13.2. The first-order valence-electron chi connectivity index (χ1n) is 13.1. The van der Waals surface area contributed by atoms with Crippen LogP contribution >= 0.6 is 11.8 Å². The van der Waals surface area contributed by atoms with Crippen LogP contribution in [0.15, 0.2) is 91.0 Å². The molecule has 0 N–H and O–H groups in total. The van der Waals surface area contributed by atoms with Crippen LogP contribution in [-0.4, -0.2) is 66.1 Å². The topological polar surface area (TPSA) is 114 Å². The second-order valence-electron chi connectivity index (χ2n) is 9.01. The summed E-state index contributed by atoms with van der Waals surface area (Å²) in [4.78, 5) is 51.4. The average molecular weight is 579 g/mol. The minimum atomic E-state index is -1.29. The molecular weight excluding hydrogens is 548 g/mol. The fourth-order valence-corrected chi connectivity index (χ4v) is 5.20. The standard InChI is InChI=1S/C31H30O9S/c1-3-41-31-27(37-20(2)32)26(40-30(35)23-17-11-6-12-18-23)25(39-29(34)22-15-9-5-10-16-22)24(38-31)19-36-28(33)21-13-7-4-8-14-21/h4-18,24-27,31H,3,19H2,1-2H3/t24-,25-,26+,27-,31-/m1/s1. The molecule has 10 heteroatoms. The van der Waals surface area contributed by atoms with Crippen molar-refractivity contribution in [1.29, 1.82) is 0 Å². The molecule has 3 aromatic carbocycles. The maximum Gasteiger partial charge on any atom is 0.338 e. The summed E-state index contributed by atoms with van der Waals surface area (Å²) in [5.74, 6) is -2.12. The molecule has 0 radical (unpaired) electrons. The Morgan fingerprint density at radius 1 is 0.659 bits per heavy atom. The number of benzene rings is 3. The van der Waals surface area contributed by atoms with Crippen LogP contribution in [0, 0.1) is 0 Å². The number of hydrogen-bond acceptors (Lipinski definition) is 10. The first-order valence-corrected chi connectivity index (χ1v) is 14.1. The SMILES string of the molecule is CCS[C@H]1O[C@H](COC(=O)c2ccccc2)[C@@H](OC(=O)c2ccccc2)[C@H](OC(=O)c2ccccc2)[C@H]1OC(C)=O. The molecule has 0 saturated carbocycles. The molecule has 1 aliphatic rings. The van der Waals surface area contributed by atoms with Crippen molar-refractivity contribution in [3.8, 4) is 0 Å². The maximum absolute atomic E-state index is 13.2. The highest BCUT2D eigenvalue weighted by Gasteiger charge is 2.52. The molecule has 1 aliphatic heterocycles. The van der Waals surface area contributed by atoms with Crippen LogP contribution in [0.25, 0.3) is 0 Å². The van der Waals surface area contributed by atoms with Crippen LogP contribution in [0.3, 0.4) is 0 Å². The quantitative estimate of drug-likeness (QED) is 0.248. The van der Waals surface area contributed by atoms with Crippen molar-refractivity contribution in [2.24, 2.45) is 0 Å². The van der Waals surface area contributed by atoms with Gasteiger partial charge in [-0.2, -0.15) is 0 Å². The van der Waals surface area contributed by atoms with E-state index in [2.05, 4.69) is 0 Å². The van der Waals surface area contributed by atoms with Gasteiger partial charge in [0, 0.05) is 6.92 Å². The Kier molecular flexibility index (Phi) is 10.5. The Bertz CT molecular complexity index is 1320. The van der Waals surface area contributed by atoms with Crippen LogP contribution in [0.2, 0.25) is 0 Å². The molecule has 5 atom stereocenters. The lowest BCUT2D eigenvalue weighted by atomic mass is 9.98. The highest BCUT2D eigenvalue weighted by Crippen LogP contribution is 2.35. The number of ether oxygens (including phenoxy) is 5. The van der Waals surface area contributed by atoms with E-state index in [0.717, 1.165) is 0 Å². The Balaban J connectivity index is 1.69. The number of carbonyl (C=O) groups excluding carboxylic acids is 4. The molecule has 3 aromatic rings. The van der Waals surface area contributed by atoms with Gasteiger partial charge < -0.3 is 23.7 Å². The second-order valence-corrected chi connectivity index (χ2v) is 10.4. The summed E-state index contributed by atoms with van der Waals surface area (Å²) in [6.07, 6.45) is -4.76. The van der Waals surface area contributed by atoms with Gasteiger partial charge in [0.15, 0.2) is 18.3 Å². The van der Waals surface area contributed by atoms with Crippen molar-refractivity contribution in [2.75, 3.05) is 12.4 Å². The summed E-state index contributed by atoms with van der Waals surface area (Å²) in [6, 6.07) is 24.9. The van der Waals surface area contributed by atoms with E-state index in [1.807, 2.05) is 6.92 Å². The number of rotatable bonds is 10. The number of thioether (sulfide) groups is 1. The fourth-order valence-electron chi connectivity index (χ4n) is 4.25. The van der Waals surface area contributed by atoms with E-state index in [0.29, 0.717) is 11.3 Å². The molecular formula is C31H30O9S. The van der Waals surface area contributed by atoms with Crippen LogP contribution in [0.1, 0.15) is 44.9 Å². The first kappa shape index (κ1) is 29.8. The summed E-state index contributed by atoms with van der Waals surface area (Å²) in [6.45, 7) is 2.78. The van der Waals surface area contributed by atoms with Gasteiger partial charge >= 0.3 is 23.9 Å². The predicted octanol–water partition coefficient (Wildman–Crippen LogP) is 4.70. The third-order valence-electron chi connectivity index (χ3n) is 6.12. The Labute approximate surface area is 242 Å². The minimum absolute atomic E-state index is 0.245. The van der Waals surface area contributed by atoms with Crippen LogP contribution in [-0.2, 0) is 28.5 Å². The van der Waals surface area contributed by atoms with E-state index in [-0.39, 0.29) is 17.7 Å². The molecule has 0 amide bonds. The van der Waals surface area contributed by atoms with Crippen molar-refractivity contribution in [3.63, 3.8) is 0 Å². The van der Waals surface area contributed by atoms with E-state index >= 15 is 0 Å². The summed E-state index contributed by atoms with van der Waals surface area (Å²) in [5, 5.41) is 0. The summed E-state index contributed by atoms with van der Waals surface area (Å²) < 4.78 is 29.2. The third-order valence-corrected chi connectivity index (χ3v) is 7.16. The van der Waals surface area contributed by atoms with Crippen molar-refractivity contribution in [3.05, 3.63) is 108 Å². The van der Waals surface area contributed by atoms with Gasteiger partial charge in [0.1, 0.15) is 18.1 Å². The van der Waals surface area contributed by atoms with Gasteiger partial charge in [0.05, 0.1) is 16.7 Å². The molecule has 4 rings (SSSR count). The smallest absolute Gasteiger partial charge is 0.338 e. The van der Waals surface area contributed by atoms with Gasteiger partial charge in [-0.3, -0.25) is 4.79 Å². The number of esters is 4. The number of carbonyl (C=O) groups is 4. The van der Waals surface area contributed by atoms with Gasteiger partial charge in [0.2, 0.25) is 0 Å². The lowest BCUT2D eigenvalue weighted by Gasteiger charge is -2.44. The lowest BCUT2D eigenvalue weighted by molar-refractivity contribution is -0.218. The summed E-state index contributed by atoms with van der Waals surface area (Å²) in [5.41, 5.74) is 0.00487. The fraction of sp³-hybridized carbons (Fsp3) is 0.290. The van der Waals surface area contributed by atoms with Gasteiger partial charge in [-0.1, -0.05) is 61.5 Å². The predicted molar refractivity (Wildman–Crippen MR) is 150 cm³/mol. The van der Waals surface area contributed by atoms with Crippen molar-refractivity contribution in [2.45, 2.75) is 43.7 Å². The number of hydrogen-bond donors (Lipinski definition) is 0. The average Bonchev–Trinajstić information content (AvgIpc) is 3.00. The van der Waals surface area contributed by atoms with E-state index < -0.39 is 53.7 Å². The van der Waals surface area contributed by atoms with Crippen molar-refractivity contribution < 1.29 is 42.9 Å². The largest absolute Gasteiger partial charge is 0.459 e. The zero-order valence-corrected chi connectivity index (χ0v) is 23.4. The van der Waals surface area contributed by atoms with Crippen LogP contribution in [0.4, 0.5) is 0 Å². The first-order chi connectivity index (χ1) is 19.9. The van der Waals surface area contributed by atoms with Crippen molar-refractivity contribution >= 4 is 35.6 Å². The molecule has 0 aromatic heterocycles. The normalized spacial score (nSPS) is 21.8. The van der Waals surface area contributed by atoms with E-state index in [9.17, 15) is 19.2 Å². The zero-order chi connectivity index (χ0) is 29.2. The molecule has 1 heterocycles. The van der Waals surface area contributed by atoms with E-state index in [1.165, 1.54) is 18.7 Å². The molecule has 214 valence electrons. The lowest BCUT2D eigenvalue weighted by Crippen LogP contribution is -2.61. The van der Waals surface area contributed by atoms with Gasteiger partial charge in [-0.25, -0.2) is 14.4 Å². The van der Waals surface area contributed by atoms with Crippen LogP contribution < -0.4 is 0 Å². The molecule has 0 unspecified atom stereocenters. The Morgan fingerprint density at radius 2 is 1.12 bits per heavy atom. The van der Waals surface area contributed by atoms with Gasteiger partial charge in [-0.05, 0) is 42.2 Å². The second kappa shape index (κ2) is 14.5. The minimum Gasteiger partial charge on any atom is -0.459 e. The van der Waals surface area contributed by atoms with Gasteiger partial charge in [0.25, 0.3) is 0 Å². The molecule has 0 spiro atoms. The monoisotopic (exact) mass is 578 g/mol. The van der Waals surface area contributed by atoms with E-state index in [4.69, 9.17) is 23.7 Å². The highest BCUT2D eigenvalue weighted by molar-refractivity contribution is 7.99. The Hall–Kier alpha value is -4.15.